The smallest absolute Gasteiger partial charge is 0.0659 e. The van der Waals surface area contributed by atoms with Crippen molar-refractivity contribution in [3.63, 3.8) is 0 Å². The number of rotatable bonds is 5. The lowest BCUT2D eigenvalue weighted by Gasteiger charge is -2.16. The van der Waals surface area contributed by atoms with Gasteiger partial charge in [-0.15, -0.1) is 0 Å². The highest BCUT2D eigenvalue weighted by Crippen LogP contribution is 2.27. The molecule has 90 valence electrons. The number of benzene rings is 1. The third-order valence-corrected chi connectivity index (χ3v) is 2.78. The molecule has 0 spiro atoms. The molecule has 0 unspecified atom stereocenters. The molecule has 0 aliphatic carbocycles. The van der Waals surface area contributed by atoms with Crippen molar-refractivity contribution in [2.24, 2.45) is 5.92 Å². The molecule has 0 bridgehead atoms. The van der Waals surface area contributed by atoms with E-state index >= 15 is 0 Å². The molecule has 0 heterocycles. The maximum Gasteiger partial charge on any atom is 0.0659 e. The van der Waals surface area contributed by atoms with Crippen molar-refractivity contribution in [1.29, 1.82) is 0 Å². The average molecular weight is 241 g/mol. The summed E-state index contributed by atoms with van der Waals surface area (Å²) in [7, 11) is 3.99. The highest BCUT2D eigenvalue weighted by Gasteiger charge is 2.03. The van der Waals surface area contributed by atoms with Crippen molar-refractivity contribution in [2.45, 2.75) is 20.3 Å². The van der Waals surface area contributed by atoms with Crippen LogP contribution in [0, 0.1) is 5.92 Å². The summed E-state index contributed by atoms with van der Waals surface area (Å²) >= 11 is 6.18. The lowest BCUT2D eigenvalue weighted by Crippen LogP contribution is -2.10. The van der Waals surface area contributed by atoms with Crippen LogP contribution >= 0.6 is 11.6 Å². The summed E-state index contributed by atoms with van der Waals surface area (Å²) in [6.45, 7) is 5.45. The van der Waals surface area contributed by atoms with Crippen LogP contribution in [-0.2, 0) is 0 Å². The molecule has 0 radical (unpaired) electrons. The highest BCUT2D eigenvalue weighted by atomic mass is 35.5. The van der Waals surface area contributed by atoms with E-state index in [4.69, 9.17) is 11.6 Å². The minimum atomic E-state index is 0.726. The maximum absolute atomic E-state index is 6.18. The number of hydrogen-bond donors (Lipinski definition) is 1. The molecule has 0 fully saturated rings. The summed E-state index contributed by atoms with van der Waals surface area (Å²) in [5.41, 5.74) is 2.15. The monoisotopic (exact) mass is 240 g/mol. The second-order valence-electron chi connectivity index (χ2n) is 4.67. The Hall–Kier alpha value is -0.890. The van der Waals surface area contributed by atoms with E-state index in [-0.39, 0.29) is 0 Å². The molecule has 0 amide bonds. The van der Waals surface area contributed by atoms with E-state index in [1.807, 2.05) is 31.1 Å². The third kappa shape index (κ3) is 3.93. The zero-order valence-electron chi connectivity index (χ0n) is 10.5. The average Bonchev–Trinajstić information content (AvgIpc) is 2.16. The van der Waals surface area contributed by atoms with Crippen LogP contribution in [0.5, 0.6) is 0 Å². The summed E-state index contributed by atoms with van der Waals surface area (Å²) < 4.78 is 0. The topological polar surface area (TPSA) is 15.3 Å². The van der Waals surface area contributed by atoms with Crippen LogP contribution in [-0.4, -0.2) is 20.6 Å². The van der Waals surface area contributed by atoms with Crippen LogP contribution in [0.15, 0.2) is 18.2 Å². The van der Waals surface area contributed by atoms with Crippen LogP contribution in [0.1, 0.15) is 20.3 Å². The Morgan fingerprint density at radius 2 is 2.00 bits per heavy atom. The Morgan fingerprint density at radius 3 is 2.50 bits per heavy atom. The van der Waals surface area contributed by atoms with Crippen molar-refractivity contribution in [3.05, 3.63) is 23.2 Å². The van der Waals surface area contributed by atoms with E-state index in [2.05, 4.69) is 25.2 Å². The van der Waals surface area contributed by atoms with E-state index in [0.29, 0.717) is 0 Å². The minimum Gasteiger partial charge on any atom is -0.385 e. The van der Waals surface area contributed by atoms with Gasteiger partial charge in [-0.1, -0.05) is 25.4 Å². The molecule has 1 N–H and O–H groups in total. The summed E-state index contributed by atoms with van der Waals surface area (Å²) in [6.07, 6.45) is 1.17. The van der Waals surface area contributed by atoms with Gasteiger partial charge >= 0.3 is 0 Å². The first-order chi connectivity index (χ1) is 7.50. The number of nitrogens with zero attached hydrogens (tertiary/aromatic N) is 1. The van der Waals surface area contributed by atoms with Crippen molar-refractivity contribution >= 4 is 23.0 Å². The van der Waals surface area contributed by atoms with Crippen molar-refractivity contribution in [3.8, 4) is 0 Å². The van der Waals surface area contributed by atoms with Gasteiger partial charge in [0, 0.05) is 26.3 Å². The molecule has 2 nitrogen and oxygen atoms in total. The molecule has 1 rings (SSSR count). The molecule has 0 aliphatic heterocycles. The number of nitrogens with one attached hydrogen (secondary N) is 1. The fourth-order valence-electron chi connectivity index (χ4n) is 1.48. The molecular formula is C13H21ClN2. The van der Waals surface area contributed by atoms with E-state index in [1.165, 1.54) is 6.42 Å². The molecule has 0 aromatic heterocycles. The van der Waals surface area contributed by atoms with E-state index in [9.17, 15) is 0 Å². The van der Waals surface area contributed by atoms with Crippen molar-refractivity contribution in [2.75, 3.05) is 30.9 Å². The maximum atomic E-state index is 6.18. The largest absolute Gasteiger partial charge is 0.385 e. The van der Waals surface area contributed by atoms with Gasteiger partial charge in [0.2, 0.25) is 0 Å². The normalized spacial score (nSPS) is 10.6. The van der Waals surface area contributed by atoms with Gasteiger partial charge in [0.05, 0.1) is 10.7 Å². The molecule has 16 heavy (non-hydrogen) atoms. The second-order valence-corrected chi connectivity index (χ2v) is 5.08. The predicted molar refractivity (Wildman–Crippen MR) is 73.7 cm³/mol. The first kappa shape index (κ1) is 13.2. The Balaban J connectivity index is 2.59. The second kappa shape index (κ2) is 6.00. The summed E-state index contributed by atoms with van der Waals surface area (Å²) in [5.74, 6) is 0.726. The Kier molecular flexibility index (Phi) is 4.94. The molecule has 0 saturated carbocycles. The van der Waals surface area contributed by atoms with Crippen molar-refractivity contribution in [1.82, 2.24) is 0 Å². The third-order valence-electron chi connectivity index (χ3n) is 2.48. The Labute approximate surface area is 104 Å². The quantitative estimate of drug-likeness (QED) is 0.841. The van der Waals surface area contributed by atoms with Gasteiger partial charge in [0.15, 0.2) is 0 Å². The van der Waals surface area contributed by atoms with Crippen LogP contribution in [0.4, 0.5) is 11.4 Å². The molecular weight excluding hydrogens is 220 g/mol. The number of halogens is 1. The Morgan fingerprint density at radius 1 is 1.31 bits per heavy atom. The first-order valence-electron chi connectivity index (χ1n) is 5.71. The molecule has 0 saturated heterocycles. The van der Waals surface area contributed by atoms with Gasteiger partial charge < -0.3 is 10.2 Å². The summed E-state index contributed by atoms with van der Waals surface area (Å²) in [6, 6.07) is 6.10. The Bertz CT molecular complexity index is 335. The van der Waals surface area contributed by atoms with Crippen LogP contribution in [0.25, 0.3) is 0 Å². The minimum absolute atomic E-state index is 0.726. The lowest BCUT2D eigenvalue weighted by molar-refractivity contribution is 0.607. The van der Waals surface area contributed by atoms with E-state index in [1.54, 1.807) is 0 Å². The van der Waals surface area contributed by atoms with Gasteiger partial charge in [0.1, 0.15) is 0 Å². The number of anilines is 2. The van der Waals surface area contributed by atoms with E-state index in [0.717, 1.165) is 28.9 Å². The van der Waals surface area contributed by atoms with Gasteiger partial charge in [0.25, 0.3) is 0 Å². The molecule has 3 heteroatoms. The molecule has 0 atom stereocenters. The zero-order chi connectivity index (χ0) is 12.1. The molecule has 1 aromatic carbocycles. The first-order valence-corrected chi connectivity index (χ1v) is 6.09. The van der Waals surface area contributed by atoms with Gasteiger partial charge in [-0.25, -0.2) is 0 Å². The summed E-state index contributed by atoms with van der Waals surface area (Å²) in [4.78, 5) is 2.01. The fraction of sp³-hybridized carbons (Fsp3) is 0.538. The predicted octanol–water partition coefficient (Wildman–Crippen LogP) is 3.86. The van der Waals surface area contributed by atoms with Crippen LogP contribution < -0.4 is 10.2 Å². The van der Waals surface area contributed by atoms with Gasteiger partial charge in [-0.3, -0.25) is 0 Å². The number of hydrogen-bond acceptors (Lipinski definition) is 2. The zero-order valence-corrected chi connectivity index (χ0v) is 11.3. The highest BCUT2D eigenvalue weighted by molar-refractivity contribution is 6.33. The SMILES string of the molecule is CC(C)CCNc1ccc(N(C)C)c(Cl)c1. The fourth-order valence-corrected chi connectivity index (χ4v) is 1.83. The molecule has 0 aliphatic rings. The lowest BCUT2D eigenvalue weighted by atomic mass is 10.1. The van der Waals surface area contributed by atoms with E-state index < -0.39 is 0 Å². The van der Waals surface area contributed by atoms with Crippen molar-refractivity contribution < 1.29 is 0 Å². The standard InChI is InChI=1S/C13H21ClN2/c1-10(2)7-8-15-11-5-6-13(16(3)4)12(14)9-11/h5-6,9-10,15H,7-8H2,1-4H3. The molecule has 1 aromatic rings. The summed E-state index contributed by atoms with van der Waals surface area (Å²) in [5, 5.41) is 4.17. The van der Waals surface area contributed by atoms with Crippen LogP contribution in [0.3, 0.4) is 0 Å². The van der Waals surface area contributed by atoms with Gasteiger partial charge in [-0.2, -0.15) is 0 Å². The van der Waals surface area contributed by atoms with Gasteiger partial charge in [-0.05, 0) is 30.5 Å². The van der Waals surface area contributed by atoms with Crippen LogP contribution in [0.2, 0.25) is 5.02 Å².